The van der Waals surface area contributed by atoms with Crippen molar-refractivity contribution in [2.24, 2.45) is 5.92 Å². The molecule has 1 aliphatic rings. The van der Waals surface area contributed by atoms with Gasteiger partial charge in [0.15, 0.2) is 0 Å². The fourth-order valence-corrected chi connectivity index (χ4v) is 7.72. The molecule has 0 aromatic heterocycles. The second-order valence-corrected chi connectivity index (χ2v) is 11.9. The molecule has 1 N–H and O–H groups in total. The Bertz CT molecular complexity index is 1250. The Morgan fingerprint density at radius 1 is 1.03 bits per heavy atom. The van der Waals surface area contributed by atoms with Crippen molar-refractivity contribution in [1.29, 1.82) is 0 Å². The molecule has 0 bridgehead atoms. The number of carboxylic acids is 1. The zero-order valence-electron chi connectivity index (χ0n) is 18.7. The first-order valence-corrected chi connectivity index (χ1v) is 13.9. The van der Waals surface area contributed by atoms with Gasteiger partial charge in [0.2, 0.25) is 10.0 Å². The number of nitrogens with zero attached hydrogens (tertiary/aromatic N) is 1. The predicted molar refractivity (Wildman–Crippen MR) is 137 cm³/mol. The fraction of sp³-hybridized carbons (Fsp3) is 0.269. The summed E-state index contributed by atoms with van der Waals surface area (Å²) in [6.07, 6.45) is 0.390. The van der Waals surface area contributed by atoms with Crippen LogP contribution in [-0.2, 0) is 20.6 Å². The maximum atomic E-state index is 13.8. The number of hydrogen-bond acceptors (Lipinski definition) is 4. The van der Waals surface area contributed by atoms with E-state index in [0.29, 0.717) is 22.8 Å². The number of piperidine rings is 1. The van der Waals surface area contributed by atoms with E-state index in [1.54, 1.807) is 55.1 Å². The van der Waals surface area contributed by atoms with Gasteiger partial charge in [-0.2, -0.15) is 16.1 Å². The molecule has 0 radical (unpaired) electrons. The van der Waals surface area contributed by atoms with Crippen LogP contribution in [0.4, 0.5) is 0 Å². The molecule has 178 valence electrons. The van der Waals surface area contributed by atoms with Crippen molar-refractivity contribution in [3.05, 3.63) is 101 Å². The van der Waals surface area contributed by atoms with Crippen LogP contribution in [0.1, 0.15) is 29.2 Å². The highest BCUT2D eigenvalue weighted by atomic mass is 35.5. The maximum absolute atomic E-state index is 13.8. The zero-order chi connectivity index (χ0) is 24.3. The lowest BCUT2D eigenvalue weighted by Gasteiger charge is -2.42. The third-order valence-electron chi connectivity index (χ3n) is 6.19. The van der Waals surface area contributed by atoms with Crippen molar-refractivity contribution < 1.29 is 18.3 Å². The molecule has 0 aliphatic carbocycles. The summed E-state index contributed by atoms with van der Waals surface area (Å²) in [7, 11) is -3.93. The van der Waals surface area contributed by atoms with Crippen LogP contribution >= 0.6 is 23.4 Å². The lowest BCUT2D eigenvalue weighted by molar-refractivity contribution is -0.143. The lowest BCUT2D eigenvalue weighted by Crippen LogP contribution is -2.49. The van der Waals surface area contributed by atoms with E-state index in [1.807, 2.05) is 42.5 Å². The predicted octanol–water partition coefficient (Wildman–Crippen LogP) is 5.79. The van der Waals surface area contributed by atoms with Gasteiger partial charge in [0, 0.05) is 22.6 Å². The monoisotopic (exact) mass is 515 g/mol. The Labute approximate surface area is 209 Å². The number of halogens is 1. The van der Waals surface area contributed by atoms with Crippen molar-refractivity contribution in [1.82, 2.24) is 4.31 Å². The lowest BCUT2D eigenvalue weighted by atomic mass is 9.90. The summed E-state index contributed by atoms with van der Waals surface area (Å²) in [4.78, 5) is 12.5. The second-order valence-electron chi connectivity index (χ2n) is 8.42. The van der Waals surface area contributed by atoms with Crippen LogP contribution in [0.25, 0.3) is 0 Å². The minimum Gasteiger partial charge on any atom is -0.481 e. The van der Waals surface area contributed by atoms with E-state index in [9.17, 15) is 18.3 Å². The minimum absolute atomic E-state index is 0.0915. The number of rotatable bonds is 7. The third kappa shape index (κ3) is 5.33. The van der Waals surface area contributed by atoms with Gasteiger partial charge in [0.1, 0.15) is 0 Å². The van der Waals surface area contributed by atoms with Gasteiger partial charge < -0.3 is 5.11 Å². The van der Waals surface area contributed by atoms with E-state index in [1.165, 1.54) is 4.31 Å². The van der Waals surface area contributed by atoms with Crippen LogP contribution in [0.3, 0.4) is 0 Å². The van der Waals surface area contributed by atoms with E-state index in [0.717, 1.165) is 11.1 Å². The summed E-state index contributed by atoms with van der Waals surface area (Å²) >= 11 is 7.66. The Morgan fingerprint density at radius 3 is 2.32 bits per heavy atom. The van der Waals surface area contributed by atoms with Crippen LogP contribution in [0, 0.1) is 12.8 Å². The van der Waals surface area contributed by atoms with E-state index < -0.39 is 28.0 Å². The first-order valence-electron chi connectivity index (χ1n) is 11.0. The van der Waals surface area contributed by atoms with Gasteiger partial charge in [0.05, 0.1) is 16.9 Å². The largest absolute Gasteiger partial charge is 0.481 e. The molecule has 3 atom stereocenters. The molecule has 0 unspecified atom stereocenters. The molecule has 1 fully saturated rings. The number of benzene rings is 3. The zero-order valence-corrected chi connectivity index (χ0v) is 21.1. The number of carbonyl (C=O) groups is 1. The Hall–Kier alpha value is -2.32. The smallest absolute Gasteiger partial charge is 0.308 e. The highest BCUT2D eigenvalue weighted by Gasteiger charge is 2.45. The van der Waals surface area contributed by atoms with Gasteiger partial charge in [-0.25, -0.2) is 8.42 Å². The summed E-state index contributed by atoms with van der Waals surface area (Å²) in [5.74, 6) is -1.14. The quantitative estimate of drug-likeness (QED) is 0.431. The normalized spacial score (nSPS) is 21.3. The van der Waals surface area contributed by atoms with Crippen LogP contribution in [0.5, 0.6) is 0 Å². The number of hydrogen-bond donors (Lipinski definition) is 1. The summed E-state index contributed by atoms with van der Waals surface area (Å²) in [5.41, 5.74) is 2.54. The molecule has 0 spiro atoms. The van der Waals surface area contributed by atoms with Gasteiger partial charge in [-0.3, -0.25) is 4.79 Å². The molecule has 4 rings (SSSR count). The van der Waals surface area contributed by atoms with Crippen LogP contribution < -0.4 is 0 Å². The molecule has 5 nitrogen and oxygen atoms in total. The Balaban J connectivity index is 1.72. The molecular weight excluding hydrogens is 490 g/mol. The van der Waals surface area contributed by atoms with Gasteiger partial charge in [-0.15, -0.1) is 0 Å². The molecular formula is C26H26ClNO4S2. The number of sulfonamides is 1. The van der Waals surface area contributed by atoms with Crippen molar-refractivity contribution in [2.75, 3.05) is 6.54 Å². The van der Waals surface area contributed by atoms with Crippen LogP contribution in [0.2, 0.25) is 5.02 Å². The molecule has 1 heterocycles. The molecule has 3 aromatic carbocycles. The number of carboxylic acid groups (broad SMARTS) is 1. The number of aryl methyl sites for hydroxylation is 1. The summed E-state index contributed by atoms with van der Waals surface area (Å²) in [5, 5.41) is 10.4. The highest BCUT2D eigenvalue weighted by molar-refractivity contribution is 7.99. The SMILES string of the molecule is Cc1ccccc1S(=O)(=O)N1C[C@@H](C(=O)O)[C@H](SCc2ccccc2)C[C@H]1c1ccc(Cl)cc1. The van der Waals surface area contributed by atoms with Gasteiger partial charge in [-0.05, 0) is 48.2 Å². The average molecular weight is 516 g/mol. The average Bonchev–Trinajstić information content (AvgIpc) is 2.83. The summed E-state index contributed by atoms with van der Waals surface area (Å²) < 4.78 is 29.0. The number of thioether (sulfide) groups is 1. The molecule has 3 aromatic rings. The Morgan fingerprint density at radius 2 is 1.68 bits per heavy atom. The second kappa shape index (κ2) is 10.5. The van der Waals surface area contributed by atoms with Gasteiger partial charge in [-0.1, -0.05) is 72.3 Å². The first kappa shape index (κ1) is 24.8. The molecule has 0 saturated carbocycles. The third-order valence-corrected chi connectivity index (χ3v) is 9.92. The molecule has 1 saturated heterocycles. The van der Waals surface area contributed by atoms with Crippen molar-refractivity contribution in [3.63, 3.8) is 0 Å². The molecule has 0 amide bonds. The van der Waals surface area contributed by atoms with Crippen LogP contribution in [0.15, 0.2) is 83.8 Å². The van der Waals surface area contributed by atoms with E-state index >= 15 is 0 Å². The van der Waals surface area contributed by atoms with E-state index in [2.05, 4.69) is 0 Å². The van der Waals surface area contributed by atoms with Crippen LogP contribution in [-0.4, -0.2) is 35.6 Å². The van der Waals surface area contributed by atoms with Crippen molar-refractivity contribution >= 4 is 39.4 Å². The van der Waals surface area contributed by atoms with E-state index in [-0.39, 0.29) is 16.7 Å². The summed E-state index contributed by atoms with van der Waals surface area (Å²) in [6.45, 7) is 1.66. The van der Waals surface area contributed by atoms with Gasteiger partial charge >= 0.3 is 5.97 Å². The highest BCUT2D eigenvalue weighted by Crippen LogP contribution is 2.43. The molecule has 8 heteroatoms. The maximum Gasteiger partial charge on any atom is 0.308 e. The Kier molecular flexibility index (Phi) is 7.67. The number of aliphatic carboxylic acids is 1. The van der Waals surface area contributed by atoms with E-state index in [4.69, 9.17) is 11.6 Å². The fourth-order valence-electron chi connectivity index (χ4n) is 4.36. The van der Waals surface area contributed by atoms with Crippen molar-refractivity contribution in [2.45, 2.75) is 35.3 Å². The minimum atomic E-state index is -3.93. The molecule has 1 aliphatic heterocycles. The standard InChI is InChI=1S/C26H26ClNO4S2/c1-18-7-5-6-10-25(18)34(31,32)28-16-22(26(29)30)24(33-17-19-8-3-2-4-9-19)15-23(28)20-11-13-21(27)14-12-20/h2-14,22-24H,15-17H2,1H3,(H,29,30)/t22-,23+,24-/m1/s1. The summed E-state index contributed by atoms with van der Waals surface area (Å²) in [6, 6.07) is 23.3. The first-order chi connectivity index (χ1) is 16.3. The van der Waals surface area contributed by atoms with Gasteiger partial charge in [0.25, 0.3) is 0 Å². The molecule has 34 heavy (non-hydrogen) atoms. The topological polar surface area (TPSA) is 74.7 Å². The van der Waals surface area contributed by atoms with Crippen molar-refractivity contribution in [3.8, 4) is 0 Å².